The number of ether oxygens (including phenoxy) is 3. The molecule has 5 aliphatic carbocycles. The second kappa shape index (κ2) is 12.0. The first-order valence-corrected chi connectivity index (χ1v) is 18.1. The zero-order valence-electron chi connectivity index (χ0n) is 29.9. The van der Waals surface area contributed by atoms with Gasteiger partial charge in [-0.1, -0.05) is 53.7 Å². The minimum absolute atomic E-state index is 0.0419. The van der Waals surface area contributed by atoms with E-state index in [1.807, 2.05) is 0 Å². The van der Waals surface area contributed by atoms with Crippen molar-refractivity contribution in [2.24, 2.45) is 62.6 Å². The van der Waals surface area contributed by atoms with Gasteiger partial charge in [-0.15, -0.1) is 0 Å². The molecule has 6 heteroatoms. The third-order valence-electron chi connectivity index (χ3n) is 15.0. The Morgan fingerprint density at radius 1 is 0.778 bits per heavy atom. The maximum Gasteiger partial charge on any atom is 0.312 e. The Kier molecular flexibility index (Phi) is 9.19. The summed E-state index contributed by atoms with van der Waals surface area (Å²) in [5, 5.41) is 0. The smallest absolute Gasteiger partial charge is 0.312 e. The van der Waals surface area contributed by atoms with Gasteiger partial charge in [0.05, 0.1) is 12.0 Å². The summed E-state index contributed by atoms with van der Waals surface area (Å²) in [4.78, 5) is 38.3. The number of hydrogen-bond acceptors (Lipinski definition) is 6. The van der Waals surface area contributed by atoms with Crippen LogP contribution in [-0.2, 0) is 28.6 Å². The van der Waals surface area contributed by atoms with Gasteiger partial charge in [-0.05, 0) is 129 Å². The Bertz CT molecular complexity index is 1190. The third kappa shape index (κ3) is 5.31. The highest BCUT2D eigenvalue weighted by atomic mass is 16.6. The normalized spacial score (nSPS) is 45.4. The fraction of sp³-hybridized carbons (Fsp3) is 0.872. The average molecular weight is 627 g/mol. The second-order valence-corrected chi connectivity index (χ2v) is 17.6. The van der Waals surface area contributed by atoms with Crippen molar-refractivity contribution in [3.8, 4) is 0 Å². The molecule has 0 aromatic rings. The zero-order valence-corrected chi connectivity index (χ0v) is 29.9. The summed E-state index contributed by atoms with van der Waals surface area (Å²) in [7, 11) is 0. The van der Waals surface area contributed by atoms with E-state index in [-0.39, 0.29) is 64.1 Å². The van der Waals surface area contributed by atoms with E-state index in [0.717, 1.165) is 70.6 Å². The molecule has 0 bridgehead atoms. The topological polar surface area (TPSA) is 78.9 Å². The summed E-state index contributed by atoms with van der Waals surface area (Å²) < 4.78 is 17.8. The lowest BCUT2D eigenvalue weighted by molar-refractivity contribution is -0.257. The summed E-state index contributed by atoms with van der Waals surface area (Å²) in [6.07, 6.45) is 10.8. The van der Waals surface area contributed by atoms with Crippen LogP contribution in [0.1, 0.15) is 133 Å². The number of rotatable bonds is 8. The van der Waals surface area contributed by atoms with Gasteiger partial charge in [0.15, 0.2) is 0 Å². The standard InChI is InChI=1S/C39H62O6/c1-24(2)16-22-43-34(42)39-19-13-28(25(3)4)33(39)29-11-12-31-35(7)17-15-32(45-27(6)41)36(8,23-44-26(5)40)30(35)14-18-38(31,10)37(29,9)20-21-39/h24,28-33H,3,11-23H2,1-2,4-10H3/t28-,29+,30+,31+,32-,33+,35-,36-,37+,38+,39-/m0/s1. The lowest BCUT2D eigenvalue weighted by atomic mass is 9.32. The van der Waals surface area contributed by atoms with Crippen molar-refractivity contribution in [1.29, 1.82) is 0 Å². The Hall–Kier alpha value is -1.85. The van der Waals surface area contributed by atoms with E-state index in [0.29, 0.717) is 30.3 Å². The molecule has 0 heterocycles. The van der Waals surface area contributed by atoms with Crippen molar-refractivity contribution in [1.82, 2.24) is 0 Å². The molecule has 0 radical (unpaired) electrons. The van der Waals surface area contributed by atoms with Crippen LogP contribution in [0, 0.1) is 62.6 Å². The predicted molar refractivity (Wildman–Crippen MR) is 176 cm³/mol. The molecular weight excluding hydrogens is 564 g/mol. The molecule has 0 aliphatic heterocycles. The molecule has 5 fully saturated rings. The number of fused-ring (bicyclic) bond motifs is 7. The van der Waals surface area contributed by atoms with Gasteiger partial charge in [-0.3, -0.25) is 14.4 Å². The van der Waals surface area contributed by atoms with Crippen LogP contribution >= 0.6 is 0 Å². The van der Waals surface area contributed by atoms with Crippen LogP contribution in [0.25, 0.3) is 0 Å². The van der Waals surface area contributed by atoms with E-state index < -0.39 is 5.41 Å². The van der Waals surface area contributed by atoms with Gasteiger partial charge in [0.2, 0.25) is 0 Å². The monoisotopic (exact) mass is 626 g/mol. The Balaban J connectivity index is 1.49. The molecule has 0 aromatic heterocycles. The van der Waals surface area contributed by atoms with E-state index >= 15 is 0 Å². The van der Waals surface area contributed by atoms with E-state index in [9.17, 15) is 14.4 Å². The molecule has 11 atom stereocenters. The highest BCUT2D eigenvalue weighted by molar-refractivity contribution is 5.78. The van der Waals surface area contributed by atoms with Crippen molar-refractivity contribution >= 4 is 17.9 Å². The number of carbonyl (C=O) groups is 3. The quantitative estimate of drug-likeness (QED) is 0.152. The van der Waals surface area contributed by atoms with E-state index in [2.05, 4.69) is 55.0 Å². The van der Waals surface area contributed by atoms with Gasteiger partial charge in [-0.25, -0.2) is 0 Å². The average Bonchev–Trinajstić information content (AvgIpc) is 3.35. The maximum atomic E-state index is 14.1. The van der Waals surface area contributed by atoms with Crippen LogP contribution < -0.4 is 0 Å². The minimum Gasteiger partial charge on any atom is -0.465 e. The summed E-state index contributed by atoms with van der Waals surface area (Å²) >= 11 is 0. The van der Waals surface area contributed by atoms with Crippen molar-refractivity contribution < 1.29 is 28.6 Å². The minimum atomic E-state index is -0.429. The van der Waals surface area contributed by atoms with Crippen molar-refractivity contribution in [2.75, 3.05) is 13.2 Å². The molecular formula is C39H62O6. The summed E-state index contributed by atoms with van der Waals surface area (Å²) in [5.74, 6) is 1.94. The maximum absolute atomic E-state index is 14.1. The number of carbonyl (C=O) groups excluding carboxylic acids is 3. The molecule has 0 saturated heterocycles. The van der Waals surface area contributed by atoms with Crippen LogP contribution in [-0.4, -0.2) is 37.2 Å². The van der Waals surface area contributed by atoms with Gasteiger partial charge in [0, 0.05) is 19.3 Å². The molecule has 0 aromatic carbocycles. The fourth-order valence-electron chi connectivity index (χ4n) is 12.7. The SMILES string of the molecule is C=C(C)[C@@H]1CC[C@]2(C(=O)OCCC(C)C)CC[C@]3(C)[C@H](CC[C@@H]4[C@@]5(C)CC[C@H](OC(C)=O)[C@@](C)(COC(C)=O)[C@@H]5CC[C@]43C)[C@@H]12. The van der Waals surface area contributed by atoms with Crippen LogP contribution in [0.4, 0.5) is 0 Å². The molecule has 6 nitrogen and oxygen atoms in total. The van der Waals surface area contributed by atoms with Gasteiger partial charge >= 0.3 is 17.9 Å². The molecule has 0 unspecified atom stereocenters. The zero-order chi connectivity index (χ0) is 33.2. The molecule has 45 heavy (non-hydrogen) atoms. The highest BCUT2D eigenvalue weighted by Crippen LogP contribution is 2.77. The summed E-state index contributed by atoms with van der Waals surface area (Å²) in [6.45, 7) is 24.7. The first kappa shape index (κ1) is 34.5. The van der Waals surface area contributed by atoms with Gasteiger partial charge in [-0.2, -0.15) is 0 Å². The predicted octanol–water partition coefficient (Wildman–Crippen LogP) is 8.71. The molecule has 0 amide bonds. The largest absolute Gasteiger partial charge is 0.465 e. The molecule has 0 N–H and O–H groups in total. The van der Waals surface area contributed by atoms with E-state index in [1.54, 1.807) is 0 Å². The first-order valence-electron chi connectivity index (χ1n) is 18.1. The van der Waals surface area contributed by atoms with Crippen LogP contribution in [0.15, 0.2) is 12.2 Å². The van der Waals surface area contributed by atoms with Gasteiger partial charge in [0.25, 0.3) is 0 Å². The summed E-state index contributed by atoms with van der Waals surface area (Å²) in [6, 6.07) is 0. The fourth-order valence-corrected chi connectivity index (χ4v) is 12.7. The molecule has 5 rings (SSSR count). The van der Waals surface area contributed by atoms with Gasteiger partial charge in [0.1, 0.15) is 12.7 Å². The Labute approximate surface area is 273 Å². The molecule has 254 valence electrons. The third-order valence-corrected chi connectivity index (χ3v) is 15.0. The van der Waals surface area contributed by atoms with Crippen LogP contribution in [0.5, 0.6) is 0 Å². The Morgan fingerprint density at radius 2 is 1.49 bits per heavy atom. The Morgan fingerprint density at radius 3 is 2.11 bits per heavy atom. The van der Waals surface area contributed by atoms with Crippen molar-refractivity contribution in [2.45, 2.75) is 139 Å². The second-order valence-electron chi connectivity index (χ2n) is 17.6. The first-order chi connectivity index (χ1) is 21.0. The molecule has 5 aliphatic rings. The van der Waals surface area contributed by atoms with E-state index in [1.165, 1.54) is 19.4 Å². The lowest BCUT2D eigenvalue weighted by Crippen LogP contribution is -2.68. The number of allylic oxidation sites excluding steroid dienone is 1. The number of esters is 3. The van der Waals surface area contributed by atoms with Crippen LogP contribution in [0.2, 0.25) is 0 Å². The molecule has 0 spiro atoms. The van der Waals surface area contributed by atoms with Crippen molar-refractivity contribution in [3.63, 3.8) is 0 Å². The van der Waals surface area contributed by atoms with Crippen molar-refractivity contribution in [3.05, 3.63) is 12.2 Å². The highest BCUT2D eigenvalue weighted by Gasteiger charge is 2.72. The lowest BCUT2D eigenvalue weighted by Gasteiger charge is -2.72. The van der Waals surface area contributed by atoms with E-state index in [4.69, 9.17) is 14.2 Å². The summed E-state index contributed by atoms with van der Waals surface area (Å²) in [5.41, 5.74) is 0.678. The van der Waals surface area contributed by atoms with Gasteiger partial charge < -0.3 is 14.2 Å². The van der Waals surface area contributed by atoms with Crippen LogP contribution in [0.3, 0.4) is 0 Å². The number of hydrogen-bond donors (Lipinski definition) is 0. The molecule has 5 saturated carbocycles.